The molecule has 1 fully saturated rings. The van der Waals surface area contributed by atoms with Gasteiger partial charge in [-0.1, -0.05) is 18.6 Å². The van der Waals surface area contributed by atoms with Crippen molar-refractivity contribution in [3.8, 4) is 5.75 Å². The largest absolute Gasteiger partial charge is 0.497 e. The van der Waals surface area contributed by atoms with Gasteiger partial charge in [0.25, 0.3) is 0 Å². The molecule has 1 saturated carbocycles. The number of sulfonamides is 1. The Bertz CT molecular complexity index is 600. The molecular weight excluding hydrogens is 305 g/mol. The van der Waals surface area contributed by atoms with Gasteiger partial charge in [-0.05, 0) is 50.8 Å². The Balaban J connectivity index is 2.31. The van der Waals surface area contributed by atoms with Crippen LogP contribution in [0.5, 0.6) is 5.75 Å². The van der Waals surface area contributed by atoms with Gasteiger partial charge in [-0.15, -0.1) is 0 Å². The molecule has 1 aromatic rings. The van der Waals surface area contributed by atoms with Gasteiger partial charge in [0.15, 0.2) is 5.67 Å². The van der Waals surface area contributed by atoms with E-state index in [1.54, 1.807) is 45.2 Å². The first-order valence-electron chi connectivity index (χ1n) is 7.64. The molecule has 0 unspecified atom stereocenters. The first kappa shape index (κ1) is 17.2. The SMILES string of the molecule is COc1ccc([C@]2(F)CCCC[C@H]2NS(=O)(=O)C(C)C)cc1. The summed E-state index contributed by atoms with van der Waals surface area (Å²) < 4.78 is 47.5. The number of benzene rings is 1. The van der Waals surface area contributed by atoms with Gasteiger partial charge in [0.2, 0.25) is 10.0 Å². The fourth-order valence-electron chi connectivity index (χ4n) is 2.83. The predicted octanol–water partition coefficient (Wildman–Crippen LogP) is 3.13. The highest BCUT2D eigenvalue weighted by molar-refractivity contribution is 7.90. The van der Waals surface area contributed by atoms with Gasteiger partial charge in [-0.2, -0.15) is 0 Å². The molecular formula is C16H24FNO3S. The van der Waals surface area contributed by atoms with Gasteiger partial charge >= 0.3 is 0 Å². The zero-order valence-corrected chi connectivity index (χ0v) is 14.1. The Morgan fingerprint density at radius 1 is 1.27 bits per heavy atom. The van der Waals surface area contributed by atoms with Crippen molar-refractivity contribution in [1.82, 2.24) is 4.72 Å². The average Bonchev–Trinajstić information content (AvgIpc) is 2.49. The molecule has 22 heavy (non-hydrogen) atoms. The first-order chi connectivity index (χ1) is 10.3. The lowest BCUT2D eigenvalue weighted by molar-refractivity contribution is 0.0712. The summed E-state index contributed by atoms with van der Waals surface area (Å²) in [5, 5.41) is -0.574. The van der Waals surface area contributed by atoms with Crippen LogP contribution in [-0.4, -0.2) is 26.8 Å². The van der Waals surface area contributed by atoms with Crippen LogP contribution in [0, 0.1) is 0 Å². The van der Waals surface area contributed by atoms with Crippen LogP contribution in [0.25, 0.3) is 0 Å². The maximum absolute atomic E-state index is 15.6. The number of alkyl halides is 1. The Morgan fingerprint density at radius 3 is 2.45 bits per heavy atom. The molecule has 4 nitrogen and oxygen atoms in total. The molecule has 2 rings (SSSR count). The number of methoxy groups -OCH3 is 1. The fraction of sp³-hybridized carbons (Fsp3) is 0.625. The minimum Gasteiger partial charge on any atom is -0.497 e. The lowest BCUT2D eigenvalue weighted by atomic mass is 9.77. The first-order valence-corrected chi connectivity index (χ1v) is 9.19. The molecule has 6 heteroatoms. The van der Waals surface area contributed by atoms with Gasteiger partial charge < -0.3 is 4.74 Å². The van der Waals surface area contributed by atoms with E-state index < -0.39 is 27.0 Å². The number of hydrogen-bond donors (Lipinski definition) is 1. The number of hydrogen-bond acceptors (Lipinski definition) is 3. The predicted molar refractivity (Wildman–Crippen MR) is 85.2 cm³/mol. The van der Waals surface area contributed by atoms with Crippen LogP contribution in [0.4, 0.5) is 4.39 Å². The molecule has 0 aliphatic heterocycles. The molecule has 1 aromatic carbocycles. The van der Waals surface area contributed by atoms with E-state index in [1.165, 1.54) is 0 Å². The third-order valence-corrected chi connectivity index (χ3v) is 6.19. The Kier molecular flexibility index (Phi) is 5.12. The Labute approximate surface area is 132 Å². The van der Waals surface area contributed by atoms with Crippen molar-refractivity contribution in [2.45, 2.75) is 56.5 Å². The van der Waals surface area contributed by atoms with Crippen molar-refractivity contribution in [3.05, 3.63) is 29.8 Å². The third kappa shape index (κ3) is 3.43. The lowest BCUT2D eigenvalue weighted by Crippen LogP contribution is -2.51. The molecule has 1 N–H and O–H groups in total. The van der Waals surface area contributed by atoms with Crippen LogP contribution in [-0.2, 0) is 15.7 Å². The number of rotatable bonds is 5. The molecule has 0 radical (unpaired) electrons. The van der Waals surface area contributed by atoms with Crippen LogP contribution in [0.3, 0.4) is 0 Å². The Hall–Kier alpha value is -1.14. The van der Waals surface area contributed by atoms with Gasteiger partial charge in [0.05, 0.1) is 18.4 Å². The van der Waals surface area contributed by atoms with Crippen molar-refractivity contribution < 1.29 is 17.5 Å². The summed E-state index contributed by atoms with van der Waals surface area (Å²) in [5.74, 6) is 0.655. The Morgan fingerprint density at radius 2 is 1.91 bits per heavy atom. The van der Waals surface area contributed by atoms with Gasteiger partial charge in [0, 0.05) is 0 Å². The zero-order chi connectivity index (χ0) is 16.4. The van der Waals surface area contributed by atoms with E-state index >= 15 is 4.39 Å². The summed E-state index contributed by atoms with van der Waals surface area (Å²) in [6, 6.07) is 6.06. The smallest absolute Gasteiger partial charge is 0.214 e. The maximum atomic E-state index is 15.6. The summed E-state index contributed by atoms with van der Waals surface area (Å²) in [6.07, 6.45) is 2.41. The number of halogens is 1. The normalized spacial score (nSPS) is 26.1. The van der Waals surface area contributed by atoms with Crippen LogP contribution in [0.1, 0.15) is 45.1 Å². The van der Waals surface area contributed by atoms with Crippen LogP contribution < -0.4 is 9.46 Å². The zero-order valence-electron chi connectivity index (χ0n) is 13.3. The van der Waals surface area contributed by atoms with Crippen molar-refractivity contribution >= 4 is 10.0 Å². The van der Waals surface area contributed by atoms with Crippen molar-refractivity contribution in [1.29, 1.82) is 0 Å². The third-order valence-electron chi connectivity index (χ3n) is 4.33. The van der Waals surface area contributed by atoms with Crippen molar-refractivity contribution in [3.63, 3.8) is 0 Å². The van der Waals surface area contributed by atoms with E-state index in [4.69, 9.17) is 4.74 Å². The molecule has 1 aliphatic rings. The van der Waals surface area contributed by atoms with E-state index in [1.807, 2.05) is 0 Å². The van der Waals surface area contributed by atoms with Crippen LogP contribution in [0.15, 0.2) is 24.3 Å². The second kappa shape index (κ2) is 6.54. The minimum atomic E-state index is -3.50. The van der Waals surface area contributed by atoms with E-state index in [-0.39, 0.29) is 0 Å². The fourth-order valence-corrected chi connectivity index (χ4v) is 3.81. The van der Waals surface area contributed by atoms with E-state index in [9.17, 15) is 8.42 Å². The second-order valence-electron chi connectivity index (χ2n) is 6.10. The topological polar surface area (TPSA) is 55.4 Å². The molecule has 0 amide bonds. The van der Waals surface area contributed by atoms with E-state index in [2.05, 4.69) is 4.72 Å². The maximum Gasteiger partial charge on any atom is 0.214 e. The molecule has 0 heterocycles. The average molecular weight is 329 g/mol. The molecule has 1 aliphatic carbocycles. The number of nitrogens with one attached hydrogen (secondary N) is 1. The summed E-state index contributed by atoms with van der Waals surface area (Å²) >= 11 is 0. The molecule has 2 atom stereocenters. The van der Waals surface area contributed by atoms with Crippen LogP contribution in [0.2, 0.25) is 0 Å². The minimum absolute atomic E-state index is 0.324. The highest BCUT2D eigenvalue weighted by Gasteiger charge is 2.44. The number of ether oxygens (including phenoxy) is 1. The monoisotopic (exact) mass is 329 g/mol. The highest BCUT2D eigenvalue weighted by Crippen LogP contribution is 2.41. The van der Waals surface area contributed by atoms with Gasteiger partial charge in [-0.3, -0.25) is 0 Å². The molecule has 0 spiro atoms. The highest BCUT2D eigenvalue weighted by atomic mass is 32.2. The summed E-state index contributed by atoms with van der Waals surface area (Å²) in [4.78, 5) is 0. The van der Waals surface area contributed by atoms with E-state index in [0.29, 0.717) is 24.2 Å². The molecule has 0 bridgehead atoms. The van der Waals surface area contributed by atoms with Crippen LogP contribution >= 0.6 is 0 Å². The lowest BCUT2D eigenvalue weighted by Gasteiger charge is -2.38. The molecule has 124 valence electrons. The summed E-state index contributed by atoms with van der Waals surface area (Å²) in [7, 11) is -1.95. The van der Waals surface area contributed by atoms with Gasteiger partial charge in [0.1, 0.15) is 5.75 Å². The molecule has 0 saturated heterocycles. The summed E-state index contributed by atoms with van der Waals surface area (Å²) in [5.41, 5.74) is -1.17. The summed E-state index contributed by atoms with van der Waals surface area (Å²) in [6.45, 7) is 3.19. The standard InChI is InChI=1S/C16H24FNO3S/c1-12(2)22(19,20)18-15-6-4-5-11-16(15,17)13-7-9-14(21-3)10-8-13/h7-10,12,15,18H,4-6,11H2,1-3H3/t15-,16-/m1/s1. The van der Waals surface area contributed by atoms with E-state index in [0.717, 1.165) is 12.8 Å². The van der Waals surface area contributed by atoms with Crippen molar-refractivity contribution in [2.75, 3.05) is 7.11 Å². The second-order valence-corrected chi connectivity index (χ2v) is 8.37. The molecule has 0 aromatic heterocycles. The van der Waals surface area contributed by atoms with Crippen molar-refractivity contribution in [2.24, 2.45) is 0 Å². The van der Waals surface area contributed by atoms with Gasteiger partial charge in [-0.25, -0.2) is 17.5 Å². The quantitative estimate of drug-likeness (QED) is 0.903.